The second-order valence-electron chi connectivity index (χ2n) is 5.68. The van der Waals surface area contributed by atoms with Crippen LogP contribution in [0, 0.1) is 5.92 Å². The summed E-state index contributed by atoms with van der Waals surface area (Å²) in [4.78, 5) is 11.1. The van der Waals surface area contributed by atoms with Crippen LogP contribution in [0.25, 0.3) is 0 Å². The molecule has 20 heavy (non-hydrogen) atoms. The topological polar surface area (TPSA) is 47.6 Å². The number of nitrogens with one attached hydrogen (secondary N) is 1. The summed E-state index contributed by atoms with van der Waals surface area (Å²) in [7, 11) is 1.72. The van der Waals surface area contributed by atoms with Crippen molar-refractivity contribution in [3.05, 3.63) is 29.3 Å². The molecule has 1 aromatic carbocycles. The molecule has 108 valence electrons. The fourth-order valence-electron chi connectivity index (χ4n) is 2.87. The van der Waals surface area contributed by atoms with Gasteiger partial charge in [0.1, 0.15) is 18.5 Å². The molecule has 3 rings (SSSR count). The first-order valence-electron chi connectivity index (χ1n) is 7.31. The van der Waals surface area contributed by atoms with Crippen molar-refractivity contribution in [1.29, 1.82) is 0 Å². The number of methoxy groups -OCH3 is 1. The van der Waals surface area contributed by atoms with Crippen molar-refractivity contribution in [2.24, 2.45) is 5.92 Å². The molecule has 1 saturated heterocycles. The summed E-state index contributed by atoms with van der Waals surface area (Å²) < 4.78 is 11.1. The Labute approximate surface area is 119 Å². The first kappa shape index (κ1) is 13.4. The highest BCUT2D eigenvalue weighted by atomic mass is 16.5. The van der Waals surface area contributed by atoms with E-state index in [4.69, 9.17) is 9.47 Å². The van der Waals surface area contributed by atoms with Crippen molar-refractivity contribution >= 4 is 5.91 Å². The van der Waals surface area contributed by atoms with Crippen LogP contribution in [0.1, 0.15) is 36.5 Å². The number of rotatable bonds is 4. The molecular formula is C16H21NO3. The fourth-order valence-corrected chi connectivity index (χ4v) is 2.87. The van der Waals surface area contributed by atoms with Gasteiger partial charge in [-0.15, -0.1) is 0 Å². The van der Waals surface area contributed by atoms with Gasteiger partial charge in [0, 0.05) is 6.54 Å². The molecular weight excluding hydrogens is 254 g/mol. The Kier molecular flexibility index (Phi) is 3.92. The van der Waals surface area contributed by atoms with E-state index in [0.717, 1.165) is 23.7 Å². The Morgan fingerprint density at radius 3 is 2.85 bits per heavy atom. The third kappa shape index (κ3) is 2.80. The van der Waals surface area contributed by atoms with Gasteiger partial charge >= 0.3 is 0 Å². The average molecular weight is 275 g/mol. The molecule has 0 aromatic heterocycles. The average Bonchev–Trinajstić information content (AvgIpc) is 2.43. The molecule has 1 amide bonds. The summed E-state index contributed by atoms with van der Waals surface area (Å²) in [6, 6.07) is 6.23. The van der Waals surface area contributed by atoms with Crippen LogP contribution in [-0.4, -0.2) is 26.2 Å². The molecule has 2 aliphatic rings. The SMILES string of the molecule is COc1ccc(C2CNC(=O)CO2)cc1CC1CCC1. The van der Waals surface area contributed by atoms with E-state index in [1.54, 1.807) is 7.11 Å². The highest BCUT2D eigenvalue weighted by Gasteiger charge is 2.23. The summed E-state index contributed by atoms with van der Waals surface area (Å²) in [5.41, 5.74) is 2.38. The molecule has 0 radical (unpaired) electrons. The maximum absolute atomic E-state index is 11.1. The largest absolute Gasteiger partial charge is 0.496 e. The first-order chi connectivity index (χ1) is 9.76. The highest BCUT2D eigenvalue weighted by molar-refractivity contribution is 5.77. The minimum absolute atomic E-state index is 0.0375. The van der Waals surface area contributed by atoms with E-state index < -0.39 is 0 Å². The zero-order valence-corrected chi connectivity index (χ0v) is 11.9. The van der Waals surface area contributed by atoms with E-state index >= 15 is 0 Å². The van der Waals surface area contributed by atoms with Crippen LogP contribution >= 0.6 is 0 Å². The zero-order valence-electron chi connectivity index (χ0n) is 11.9. The van der Waals surface area contributed by atoms with Gasteiger partial charge in [-0.1, -0.05) is 25.3 Å². The van der Waals surface area contributed by atoms with Crippen LogP contribution in [0.3, 0.4) is 0 Å². The Morgan fingerprint density at radius 2 is 2.25 bits per heavy atom. The van der Waals surface area contributed by atoms with Gasteiger partial charge in [0.15, 0.2) is 0 Å². The molecule has 4 heteroatoms. The predicted octanol–water partition coefficient (Wildman–Crippen LogP) is 2.23. The summed E-state index contributed by atoms with van der Waals surface area (Å²) in [6.45, 7) is 0.697. The quantitative estimate of drug-likeness (QED) is 0.916. The molecule has 0 spiro atoms. The Balaban J connectivity index is 1.77. The van der Waals surface area contributed by atoms with Gasteiger partial charge in [-0.25, -0.2) is 0 Å². The lowest BCUT2D eigenvalue weighted by molar-refractivity contribution is -0.133. The van der Waals surface area contributed by atoms with Crippen LogP contribution in [0.15, 0.2) is 18.2 Å². The van der Waals surface area contributed by atoms with Crippen molar-refractivity contribution in [2.75, 3.05) is 20.3 Å². The van der Waals surface area contributed by atoms with E-state index in [1.807, 2.05) is 12.1 Å². The van der Waals surface area contributed by atoms with E-state index in [-0.39, 0.29) is 18.6 Å². The highest BCUT2D eigenvalue weighted by Crippen LogP contribution is 2.34. The van der Waals surface area contributed by atoms with Gasteiger partial charge in [-0.05, 0) is 35.6 Å². The standard InChI is InChI=1S/C16H21NO3/c1-19-14-6-5-12(15-9-17-16(18)10-20-15)8-13(14)7-11-3-2-4-11/h5-6,8,11,15H,2-4,7,9-10H2,1H3,(H,17,18). The number of hydrogen-bond donors (Lipinski definition) is 1. The lowest BCUT2D eigenvalue weighted by atomic mass is 9.80. The van der Waals surface area contributed by atoms with Gasteiger partial charge in [-0.3, -0.25) is 4.79 Å². The van der Waals surface area contributed by atoms with Crippen LogP contribution in [0.5, 0.6) is 5.75 Å². The van der Waals surface area contributed by atoms with Crippen LogP contribution in [0.4, 0.5) is 0 Å². The molecule has 1 aliphatic carbocycles. The van der Waals surface area contributed by atoms with E-state index in [1.165, 1.54) is 24.8 Å². The number of carbonyl (C=O) groups excluding carboxylic acids is 1. The second kappa shape index (κ2) is 5.83. The number of hydrogen-bond acceptors (Lipinski definition) is 3. The molecule has 1 heterocycles. The maximum Gasteiger partial charge on any atom is 0.246 e. The third-order valence-corrected chi connectivity index (χ3v) is 4.31. The number of carbonyl (C=O) groups is 1. The number of benzene rings is 1. The van der Waals surface area contributed by atoms with Gasteiger partial charge in [0.05, 0.1) is 7.11 Å². The molecule has 1 unspecified atom stereocenters. The van der Waals surface area contributed by atoms with E-state index in [2.05, 4.69) is 11.4 Å². The van der Waals surface area contributed by atoms with Crippen molar-refractivity contribution in [3.8, 4) is 5.75 Å². The normalized spacial score (nSPS) is 23.1. The van der Waals surface area contributed by atoms with E-state index in [9.17, 15) is 4.79 Å². The third-order valence-electron chi connectivity index (χ3n) is 4.31. The molecule has 1 aromatic rings. The van der Waals surface area contributed by atoms with Crippen LogP contribution in [0.2, 0.25) is 0 Å². The molecule has 1 N–H and O–H groups in total. The molecule has 0 bridgehead atoms. The van der Waals surface area contributed by atoms with Gasteiger partial charge in [0.25, 0.3) is 0 Å². The molecule has 1 atom stereocenters. The van der Waals surface area contributed by atoms with Crippen molar-refractivity contribution in [1.82, 2.24) is 5.32 Å². The van der Waals surface area contributed by atoms with Crippen molar-refractivity contribution in [3.63, 3.8) is 0 Å². The number of morpholine rings is 1. The first-order valence-corrected chi connectivity index (χ1v) is 7.31. The summed E-state index contributed by atoms with van der Waals surface area (Å²) >= 11 is 0. The van der Waals surface area contributed by atoms with Gasteiger partial charge in [0.2, 0.25) is 5.91 Å². The molecule has 4 nitrogen and oxygen atoms in total. The summed E-state index contributed by atoms with van der Waals surface area (Å²) in [5, 5.41) is 2.85. The minimum Gasteiger partial charge on any atom is -0.496 e. The predicted molar refractivity (Wildman–Crippen MR) is 75.7 cm³/mol. The summed E-state index contributed by atoms with van der Waals surface area (Å²) in [5.74, 6) is 1.72. The zero-order chi connectivity index (χ0) is 13.9. The van der Waals surface area contributed by atoms with Gasteiger partial charge in [-0.2, -0.15) is 0 Å². The molecule has 1 aliphatic heterocycles. The van der Waals surface area contributed by atoms with Crippen molar-refractivity contribution in [2.45, 2.75) is 31.8 Å². The molecule has 2 fully saturated rings. The fraction of sp³-hybridized carbons (Fsp3) is 0.562. The smallest absolute Gasteiger partial charge is 0.246 e. The number of ether oxygens (including phenoxy) is 2. The van der Waals surface area contributed by atoms with E-state index in [0.29, 0.717) is 6.54 Å². The maximum atomic E-state index is 11.1. The second-order valence-corrected chi connectivity index (χ2v) is 5.68. The Bertz CT molecular complexity index is 486. The van der Waals surface area contributed by atoms with Crippen LogP contribution < -0.4 is 10.1 Å². The van der Waals surface area contributed by atoms with Gasteiger partial charge < -0.3 is 14.8 Å². The monoisotopic (exact) mass is 275 g/mol. The minimum atomic E-state index is -0.0428. The lowest BCUT2D eigenvalue weighted by Crippen LogP contribution is -2.38. The number of amides is 1. The Hall–Kier alpha value is -1.55. The summed E-state index contributed by atoms with van der Waals surface area (Å²) in [6.07, 6.45) is 5.03. The molecule has 1 saturated carbocycles. The Morgan fingerprint density at radius 1 is 1.40 bits per heavy atom. The van der Waals surface area contributed by atoms with Crippen molar-refractivity contribution < 1.29 is 14.3 Å². The van der Waals surface area contributed by atoms with Crippen LogP contribution in [-0.2, 0) is 16.0 Å². The lowest BCUT2D eigenvalue weighted by Gasteiger charge is -2.27.